The molecule has 0 saturated carbocycles. The zero-order chi connectivity index (χ0) is 17.3. The molecule has 0 aliphatic carbocycles. The Bertz CT molecular complexity index is 958. The van der Waals surface area contributed by atoms with Gasteiger partial charge in [0.05, 0.1) is 25.7 Å². The number of aromatic nitrogens is 1. The van der Waals surface area contributed by atoms with Gasteiger partial charge in [-0.05, 0) is 24.5 Å². The first-order chi connectivity index (χ1) is 11.5. The van der Waals surface area contributed by atoms with Crippen molar-refractivity contribution in [3.63, 3.8) is 0 Å². The molecule has 0 radical (unpaired) electrons. The average molecular weight is 380 g/mol. The molecule has 3 rings (SSSR count). The molecule has 24 heavy (non-hydrogen) atoms. The molecule has 0 unspecified atom stereocenters. The number of carbonyl (C=O) groups excluding carboxylic acids is 1. The van der Waals surface area contributed by atoms with Crippen molar-refractivity contribution in [2.24, 2.45) is 0 Å². The van der Waals surface area contributed by atoms with E-state index >= 15 is 0 Å². The molecule has 0 fully saturated rings. The van der Waals surface area contributed by atoms with Crippen LogP contribution in [0.15, 0.2) is 41.3 Å². The monoisotopic (exact) mass is 379 g/mol. The lowest BCUT2D eigenvalue weighted by molar-refractivity contribution is -0.384. The van der Waals surface area contributed by atoms with E-state index in [1.165, 1.54) is 23.5 Å². The van der Waals surface area contributed by atoms with E-state index in [0.717, 1.165) is 21.2 Å². The lowest BCUT2D eigenvalue weighted by Gasteiger charge is -2.03. The first-order valence-electron chi connectivity index (χ1n) is 6.68. The van der Waals surface area contributed by atoms with Crippen LogP contribution < -0.4 is 5.32 Å². The molecule has 0 spiro atoms. The van der Waals surface area contributed by atoms with Crippen molar-refractivity contribution in [2.75, 3.05) is 11.6 Å². The number of nitro groups is 1. The highest BCUT2D eigenvalue weighted by molar-refractivity contribution is 7.98. The first kappa shape index (κ1) is 16.7. The third-order valence-corrected chi connectivity index (χ3v) is 5.26. The summed E-state index contributed by atoms with van der Waals surface area (Å²) in [7, 11) is 0. The third kappa shape index (κ3) is 3.21. The van der Waals surface area contributed by atoms with Crippen molar-refractivity contribution in [3.8, 4) is 0 Å². The van der Waals surface area contributed by atoms with Crippen molar-refractivity contribution in [3.05, 3.63) is 57.1 Å². The van der Waals surface area contributed by atoms with Crippen LogP contribution in [-0.2, 0) is 0 Å². The van der Waals surface area contributed by atoms with Crippen LogP contribution in [0.2, 0.25) is 5.02 Å². The van der Waals surface area contributed by atoms with Gasteiger partial charge in [-0.3, -0.25) is 20.2 Å². The molecular weight excluding hydrogens is 370 g/mol. The number of rotatable bonds is 4. The topological polar surface area (TPSA) is 85.1 Å². The highest BCUT2D eigenvalue weighted by Crippen LogP contribution is 2.33. The van der Waals surface area contributed by atoms with Crippen molar-refractivity contribution in [2.45, 2.75) is 4.90 Å². The Morgan fingerprint density at radius 1 is 1.38 bits per heavy atom. The SMILES string of the molecule is CSc1cccc2sc(NC(=O)c3cc([N+](=O)[O-])ccc3Cl)nc12. The number of anilines is 1. The van der Waals surface area contributed by atoms with Gasteiger partial charge in [0, 0.05) is 17.0 Å². The number of benzene rings is 2. The highest BCUT2D eigenvalue weighted by atomic mass is 35.5. The summed E-state index contributed by atoms with van der Waals surface area (Å²) in [4.78, 5) is 28.1. The Balaban J connectivity index is 1.93. The summed E-state index contributed by atoms with van der Waals surface area (Å²) in [6.07, 6.45) is 1.95. The van der Waals surface area contributed by atoms with Crippen LogP contribution in [0, 0.1) is 10.1 Å². The van der Waals surface area contributed by atoms with Crippen molar-refractivity contribution >= 4 is 61.6 Å². The van der Waals surface area contributed by atoms with Gasteiger partial charge in [0.1, 0.15) is 0 Å². The van der Waals surface area contributed by atoms with Crippen molar-refractivity contribution < 1.29 is 9.72 Å². The fourth-order valence-corrected chi connectivity index (χ4v) is 3.83. The van der Waals surface area contributed by atoms with Crippen LogP contribution in [-0.4, -0.2) is 22.1 Å². The minimum Gasteiger partial charge on any atom is -0.298 e. The summed E-state index contributed by atoms with van der Waals surface area (Å²) in [6, 6.07) is 9.53. The molecule has 6 nitrogen and oxygen atoms in total. The summed E-state index contributed by atoms with van der Waals surface area (Å²) in [5, 5.41) is 14.1. The zero-order valence-corrected chi connectivity index (χ0v) is 14.7. The number of thioether (sulfide) groups is 1. The first-order valence-corrected chi connectivity index (χ1v) is 9.10. The second-order valence-electron chi connectivity index (χ2n) is 4.70. The lowest BCUT2D eigenvalue weighted by atomic mass is 10.2. The minimum absolute atomic E-state index is 0.0372. The fourth-order valence-electron chi connectivity index (χ4n) is 2.11. The molecule has 0 aliphatic heterocycles. The Kier molecular flexibility index (Phi) is 4.70. The third-order valence-electron chi connectivity index (χ3n) is 3.23. The normalized spacial score (nSPS) is 10.8. The maximum absolute atomic E-state index is 12.4. The number of nitrogens with zero attached hydrogens (tertiary/aromatic N) is 2. The molecule has 0 atom stereocenters. The smallest absolute Gasteiger partial charge is 0.270 e. The zero-order valence-electron chi connectivity index (χ0n) is 12.3. The summed E-state index contributed by atoms with van der Waals surface area (Å²) in [5.41, 5.74) is 0.657. The molecule has 0 aliphatic rings. The highest BCUT2D eigenvalue weighted by Gasteiger charge is 2.17. The van der Waals surface area contributed by atoms with Crippen LogP contribution >= 0.6 is 34.7 Å². The van der Waals surface area contributed by atoms with Gasteiger partial charge in [0.2, 0.25) is 0 Å². The number of hydrogen-bond acceptors (Lipinski definition) is 6. The van der Waals surface area contributed by atoms with Gasteiger partial charge in [-0.15, -0.1) is 11.8 Å². The number of carbonyl (C=O) groups is 1. The second-order valence-corrected chi connectivity index (χ2v) is 6.99. The summed E-state index contributed by atoms with van der Waals surface area (Å²) < 4.78 is 0.947. The van der Waals surface area contributed by atoms with Gasteiger partial charge >= 0.3 is 0 Å². The van der Waals surface area contributed by atoms with Crippen LogP contribution in [0.5, 0.6) is 0 Å². The molecule has 9 heteroatoms. The summed E-state index contributed by atoms with van der Waals surface area (Å²) >= 11 is 8.89. The molecule has 3 aromatic rings. The van der Waals surface area contributed by atoms with Gasteiger partial charge in [-0.2, -0.15) is 0 Å². The van der Waals surface area contributed by atoms with E-state index in [2.05, 4.69) is 10.3 Å². The molecular formula is C15H10ClN3O3S2. The molecule has 1 amide bonds. The van der Waals surface area contributed by atoms with E-state index in [0.29, 0.717) is 5.13 Å². The number of nitrogens with one attached hydrogen (secondary N) is 1. The van der Waals surface area contributed by atoms with Gasteiger partial charge in [0.15, 0.2) is 5.13 Å². The second kappa shape index (κ2) is 6.76. The van der Waals surface area contributed by atoms with Crippen molar-refractivity contribution in [1.82, 2.24) is 4.98 Å². The van der Waals surface area contributed by atoms with Gasteiger partial charge < -0.3 is 0 Å². The van der Waals surface area contributed by atoms with Crippen LogP contribution in [0.3, 0.4) is 0 Å². The quantitative estimate of drug-likeness (QED) is 0.398. The van der Waals surface area contributed by atoms with Crippen LogP contribution in [0.1, 0.15) is 10.4 Å². The molecule has 1 N–H and O–H groups in total. The Morgan fingerprint density at radius 3 is 2.88 bits per heavy atom. The average Bonchev–Trinajstić information content (AvgIpc) is 2.97. The maximum Gasteiger partial charge on any atom is 0.270 e. The number of non-ortho nitro benzene ring substituents is 1. The molecule has 122 valence electrons. The largest absolute Gasteiger partial charge is 0.298 e. The predicted octanol–water partition coefficient (Wildman–Crippen LogP) is 4.83. The van der Waals surface area contributed by atoms with Crippen LogP contribution in [0.25, 0.3) is 10.2 Å². The van der Waals surface area contributed by atoms with Crippen LogP contribution in [0.4, 0.5) is 10.8 Å². The van der Waals surface area contributed by atoms with Gasteiger partial charge in [0.25, 0.3) is 11.6 Å². The number of hydrogen-bond donors (Lipinski definition) is 1. The number of nitro benzene ring substituents is 1. The fraction of sp³-hybridized carbons (Fsp3) is 0.0667. The van der Waals surface area contributed by atoms with Gasteiger partial charge in [-0.1, -0.05) is 29.0 Å². The van der Waals surface area contributed by atoms with E-state index in [4.69, 9.17) is 11.6 Å². The standard InChI is InChI=1S/C15H10ClN3O3S2/c1-23-11-3-2-4-12-13(11)17-15(24-12)18-14(20)9-7-8(19(21)22)5-6-10(9)16/h2-7H,1H3,(H,17,18,20). The molecule has 0 bridgehead atoms. The molecule has 2 aromatic carbocycles. The summed E-state index contributed by atoms with van der Waals surface area (Å²) in [5.74, 6) is -0.534. The van der Waals surface area contributed by atoms with Gasteiger partial charge in [-0.25, -0.2) is 4.98 Å². The molecule has 1 aromatic heterocycles. The van der Waals surface area contributed by atoms with E-state index in [1.807, 2.05) is 24.5 Å². The van der Waals surface area contributed by atoms with E-state index in [9.17, 15) is 14.9 Å². The van der Waals surface area contributed by atoms with E-state index in [1.54, 1.807) is 11.8 Å². The molecule has 1 heterocycles. The minimum atomic E-state index is -0.574. The number of thiazole rings is 1. The number of halogens is 1. The Morgan fingerprint density at radius 2 is 2.17 bits per heavy atom. The Labute approximate surface area is 150 Å². The lowest BCUT2D eigenvalue weighted by Crippen LogP contribution is -2.12. The predicted molar refractivity (Wildman–Crippen MR) is 97.5 cm³/mol. The Hall–Kier alpha value is -2.16. The number of amides is 1. The van der Waals surface area contributed by atoms with Crippen molar-refractivity contribution in [1.29, 1.82) is 0 Å². The number of fused-ring (bicyclic) bond motifs is 1. The van der Waals surface area contributed by atoms with E-state index in [-0.39, 0.29) is 16.3 Å². The van der Waals surface area contributed by atoms with E-state index < -0.39 is 10.8 Å². The summed E-state index contributed by atoms with van der Waals surface area (Å²) in [6.45, 7) is 0. The maximum atomic E-state index is 12.4. The molecule has 0 saturated heterocycles. The number of para-hydroxylation sites is 1.